The molecule has 0 spiro atoms. The maximum Gasteiger partial charge on any atom is 0.183 e. The smallest absolute Gasteiger partial charge is 0.183 e. The molecule has 1 aliphatic rings. The lowest BCUT2D eigenvalue weighted by Crippen LogP contribution is -2.19. The van der Waals surface area contributed by atoms with Gasteiger partial charge in [-0.3, -0.25) is 0 Å². The largest absolute Gasteiger partial charge is 0.369 e. The first-order valence-electron chi connectivity index (χ1n) is 5.86. The molecule has 1 saturated heterocycles. The molecule has 0 radical (unpaired) electrons. The van der Waals surface area contributed by atoms with E-state index >= 15 is 0 Å². The molecule has 4 heteroatoms. The summed E-state index contributed by atoms with van der Waals surface area (Å²) in [5, 5.41) is 0. The van der Waals surface area contributed by atoms with Gasteiger partial charge in [0.1, 0.15) is 5.82 Å². The first-order valence-corrected chi connectivity index (χ1v) is 5.86. The van der Waals surface area contributed by atoms with Crippen molar-refractivity contribution in [3.8, 4) is 0 Å². The molecule has 1 heterocycles. The van der Waals surface area contributed by atoms with Crippen LogP contribution in [0.5, 0.6) is 0 Å². The summed E-state index contributed by atoms with van der Waals surface area (Å²) in [5.41, 5.74) is 1.50. The summed E-state index contributed by atoms with van der Waals surface area (Å²) in [4.78, 5) is 2.07. The highest BCUT2D eigenvalue weighted by atomic mass is 19.1. The van der Waals surface area contributed by atoms with Crippen molar-refractivity contribution in [2.45, 2.75) is 19.1 Å². The minimum absolute atomic E-state index is 0.179. The predicted molar refractivity (Wildman–Crippen MR) is 64.6 cm³/mol. The van der Waals surface area contributed by atoms with Crippen LogP contribution < -0.4 is 4.90 Å². The van der Waals surface area contributed by atoms with Crippen LogP contribution in [0.2, 0.25) is 0 Å². The van der Waals surface area contributed by atoms with Crippen LogP contribution in [0.15, 0.2) is 18.2 Å². The first-order chi connectivity index (χ1) is 8.26. The maximum absolute atomic E-state index is 13.8. The monoisotopic (exact) mass is 239 g/mol. The third-order valence-electron chi connectivity index (χ3n) is 3.12. The third-order valence-corrected chi connectivity index (χ3v) is 3.12. The first kappa shape index (κ1) is 12.3. The Balaban J connectivity index is 2.28. The van der Waals surface area contributed by atoms with Gasteiger partial charge in [-0.15, -0.1) is 0 Å². The Kier molecular flexibility index (Phi) is 3.97. The third kappa shape index (κ3) is 2.58. The normalized spacial score (nSPS) is 15.9. The van der Waals surface area contributed by atoms with Crippen molar-refractivity contribution in [3.63, 3.8) is 0 Å². The van der Waals surface area contributed by atoms with Crippen molar-refractivity contribution in [2.24, 2.45) is 0 Å². The zero-order valence-corrected chi connectivity index (χ0v) is 10.3. The van der Waals surface area contributed by atoms with Gasteiger partial charge >= 0.3 is 0 Å². The molecule has 3 nitrogen and oxygen atoms in total. The second-order valence-corrected chi connectivity index (χ2v) is 4.21. The van der Waals surface area contributed by atoms with Gasteiger partial charge in [-0.1, -0.05) is 6.07 Å². The van der Waals surface area contributed by atoms with Gasteiger partial charge in [-0.05, 0) is 25.0 Å². The van der Waals surface area contributed by atoms with E-state index in [0.29, 0.717) is 5.69 Å². The van der Waals surface area contributed by atoms with E-state index in [0.717, 1.165) is 31.5 Å². The molecule has 0 saturated carbocycles. The SMILES string of the molecule is COC(OC)c1ccc(F)c(N2CCCC2)c1. The lowest BCUT2D eigenvalue weighted by Gasteiger charge is -2.21. The number of rotatable bonds is 4. The molecule has 1 aromatic carbocycles. The quantitative estimate of drug-likeness (QED) is 0.754. The molecular weight excluding hydrogens is 221 g/mol. The van der Waals surface area contributed by atoms with E-state index in [1.807, 2.05) is 6.07 Å². The average Bonchev–Trinajstić information content (AvgIpc) is 2.86. The second kappa shape index (κ2) is 5.47. The standard InChI is InChI=1S/C13H18FNO2/c1-16-13(17-2)10-5-6-11(14)12(9-10)15-7-3-4-8-15/h5-6,9,13H,3-4,7-8H2,1-2H3. The Hall–Kier alpha value is -1.13. The van der Waals surface area contributed by atoms with Gasteiger partial charge in [-0.25, -0.2) is 4.39 Å². The molecule has 1 fully saturated rings. The lowest BCUT2D eigenvalue weighted by molar-refractivity contribution is -0.106. The number of methoxy groups -OCH3 is 2. The van der Waals surface area contributed by atoms with Crippen molar-refractivity contribution in [1.82, 2.24) is 0 Å². The molecule has 0 amide bonds. The van der Waals surface area contributed by atoms with Crippen molar-refractivity contribution in [2.75, 3.05) is 32.2 Å². The number of ether oxygens (including phenoxy) is 2. The summed E-state index contributed by atoms with van der Waals surface area (Å²) in [6.45, 7) is 1.84. The van der Waals surface area contributed by atoms with Crippen LogP contribution in [-0.4, -0.2) is 27.3 Å². The topological polar surface area (TPSA) is 21.7 Å². The minimum Gasteiger partial charge on any atom is -0.369 e. The van der Waals surface area contributed by atoms with E-state index in [9.17, 15) is 4.39 Å². The van der Waals surface area contributed by atoms with Gasteiger partial charge < -0.3 is 14.4 Å². The van der Waals surface area contributed by atoms with Crippen LogP contribution in [0, 0.1) is 5.82 Å². The highest BCUT2D eigenvalue weighted by molar-refractivity contribution is 5.51. The van der Waals surface area contributed by atoms with Crippen molar-refractivity contribution in [1.29, 1.82) is 0 Å². The molecule has 94 valence electrons. The molecular formula is C13H18FNO2. The van der Waals surface area contributed by atoms with Gasteiger partial charge in [0.05, 0.1) is 5.69 Å². The number of hydrogen-bond donors (Lipinski definition) is 0. The van der Waals surface area contributed by atoms with Crippen molar-refractivity contribution >= 4 is 5.69 Å². The molecule has 1 aromatic rings. The van der Waals surface area contributed by atoms with Gasteiger partial charge in [0.15, 0.2) is 6.29 Å². The predicted octanol–water partition coefficient (Wildman–Crippen LogP) is 2.72. The molecule has 0 N–H and O–H groups in total. The van der Waals surface area contributed by atoms with E-state index in [1.54, 1.807) is 20.3 Å². The van der Waals surface area contributed by atoms with Crippen LogP contribution in [-0.2, 0) is 9.47 Å². The Labute approximate surface area is 101 Å². The Morgan fingerprint density at radius 3 is 2.41 bits per heavy atom. The highest BCUT2D eigenvalue weighted by Crippen LogP contribution is 2.28. The molecule has 0 aromatic heterocycles. The summed E-state index contributed by atoms with van der Waals surface area (Å²) in [6.07, 6.45) is 1.82. The average molecular weight is 239 g/mol. The van der Waals surface area contributed by atoms with Gasteiger partial charge in [0.2, 0.25) is 0 Å². The lowest BCUT2D eigenvalue weighted by atomic mass is 10.1. The molecule has 0 aliphatic carbocycles. The van der Waals surface area contributed by atoms with Crippen molar-refractivity contribution < 1.29 is 13.9 Å². The van der Waals surface area contributed by atoms with Crippen LogP contribution in [0.25, 0.3) is 0 Å². The zero-order valence-electron chi connectivity index (χ0n) is 10.3. The van der Waals surface area contributed by atoms with Crippen molar-refractivity contribution in [3.05, 3.63) is 29.6 Å². The fraction of sp³-hybridized carbons (Fsp3) is 0.538. The van der Waals surface area contributed by atoms with Gasteiger partial charge in [0.25, 0.3) is 0 Å². The van der Waals surface area contributed by atoms with E-state index < -0.39 is 6.29 Å². The Morgan fingerprint density at radius 2 is 1.82 bits per heavy atom. The Morgan fingerprint density at radius 1 is 1.18 bits per heavy atom. The minimum atomic E-state index is -0.433. The van der Waals surface area contributed by atoms with Gasteiger partial charge in [0, 0.05) is 32.9 Å². The van der Waals surface area contributed by atoms with Crippen LogP contribution in [0.1, 0.15) is 24.7 Å². The fourth-order valence-electron chi connectivity index (χ4n) is 2.25. The molecule has 1 aliphatic heterocycles. The Bertz CT molecular complexity index is 374. The maximum atomic E-state index is 13.8. The highest BCUT2D eigenvalue weighted by Gasteiger charge is 2.18. The molecule has 2 rings (SSSR count). The summed E-state index contributed by atoms with van der Waals surface area (Å²) in [7, 11) is 3.15. The van der Waals surface area contributed by atoms with E-state index in [4.69, 9.17) is 9.47 Å². The summed E-state index contributed by atoms with van der Waals surface area (Å²) >= 11 is 0. The molecule has 17 heavy (non-hydrogen) atoms. The number of nitrogens with zero attached hydrogens (tertiary/aromatic N) is 1. The second-order valence-electron chi connectivity index (χ2n) is 4.21. The summed E-state index contributed by atoms with van der Waals surface area (Å²) in [6, 6.07) is 5.00. The van der Waals surface area contributed by atoms with Crippen LogP contribution >= 0.6 is 0 Å². The van der Waals surface area contributed by atoms with E-state index in [-0.39, 0.29) is 5.82 Å². The molecule has 0 unspecified atom stereocenters. The molecule has 0 bridgehead atoms. The van der Waals surface area contributed by atoms with Gasteiger partial charge in [-0.2, -0.15) is 0 Å². The fourth-order valence-corrected chi connectivity index (χ4v) is 2.25. The van der Waals surface area contributed by atoms with E-state index in [2.05, 4.69) is 4.90 Å². The number of benzene rings is 1. The van der Waals surface area contributed by atoms with Crippen LogP contribution in [0.4, 0.5) is 10.1 Å². The summed E-state index contributed by atoms with van der Waals surface area (Å²) < 4.78 is 24.1. The number of hydrogen-bond acceptors (Lipinski definition) is 3. The van der Waals surface area contributed by atoms with Crippen LogP contribution in [0.3, 0.4) is 0 Å². The summed E-state index contributed by atoms with van der Waals surface area (Å²) in [5.74, 6) is -0.179. The molecule has 0 atom stereocenters. The van der Waals surface area contributed by atoms with E-state index in [1.165, 1.54) is 6.07 Å². The zero-order chi connectivity index (χ0) is 12.3. The number of anilines is 1. The number of halogens is 1.